The van der Waals surface area contributed by atoms with Crippen LogP contribution in [0.4, 0.5) is 5.69 Å². The maximum atomic E-state index is 12.8. The summed E-state index contributed by atoms with van der Waals surface area (Å²) in [7, 11) is -2.57. The summed E-state index contributed by atoms with van der Waals surface area (Å²) in [4.78, 5) is 29.1. The van der Waals surface area contributed by atoms with Crippen molar-refractivity contribution in [2.45, 2.75) is 4.90 Å². The van der Waals surface area contributed by atoms with Crippen LogP contribution in [0.3, 0.4) is 0 Å². The van der Waals surface area contributed by atoms with Gasteiger partial charge < -0.3 is 4.74 Å². The maximum absolute atomic E-state index is 12.8. The summed E-state index contributed by atoms with van der Waals surface area (Å²) >= 11 is 0. The minimum absolute atomic E-state index is 0.0367. The number of hydrogen-bond donors (Lipinski definition) is 3. The Morgan fingerprint density at radius 1 is 0.824 bits per heavy atom. The zero-order valence-electron chi connectivity index (χ0n) is 18.0. The molecule has 0 aliphatic rings. The molecular formula is C24H20N4O5S. The molecule has 1 aromatic heterocycles. The Morgan fingerprint density at radius 2 is 1.56 bits per heavy atom. The van der Waals surface area contributed by atoms with E-state index in [1.807, 2.05) is 18.2 Å². The Labute approximate surface area is 195 Å². The van der Waals surface area contributed by atoms with E-state index in [4.69, 9.17) is 4.74 Å². The topological polar surface area (TPSA) is 126 Å². The molecule has 0 radical (unpaired) electrons. The third-order valence-corrected chi connectivity index (χ3v) is 6.24. The highest BCUT2D eigenvalue weighted by atomic mass is 32.2. The summed E-state index contributed by atoms with van der Waals surface area (Å²) < 4.78 is 33.3. The van der Waals surface area contributed by atoms with Gasteiger partial charge in [-0.1, -0.05) is 42.5 Å². The molecule has 0 atom stereocenters. The van der Waals surface area contributed by atoms with Crippen molar-refractivity contribution in [2.75, 3.05) is 11.8 Å². The number of hydrazine groups is 1. The molecule has 4 rings (SSSR count). The Bertz CT molecular complexity index is 1490. The standard InChI is InChI=1S/C24H20N4O5S/c1-33-22-12-5-4-11-20(22)28-34(31,32)18-9-6-8-17(15-18)23(29)26-27-24(30)21-14-13-16-7-2-3-10-19(16)25-21/h2-15,28H,1H3,(H,26,29)(H,27,30). The molecule has 34 heavy (non-hydrogen) atoms. The van der Waals surface area contributed by atoms with Crippen LogP contribution in [0.2, 0.25) is 0 Å². The van der Waals surface area contributed by atoms with Crippen LogP contribution in [-0.2, 0) is 10.0 Å². The quantitative estimate of drug-likeness (QED) is 0.367. The van der Waals surface area contributed by atoms with Crippen molar-refractivity contribution in [3.05, 3.63) is 96.2 Å². The Kier molecular flexibility index (Phi) is 6.42. The van der Waals surface area contributed by atoms with E-state index < -0.39 is 21.8 Å². The number of sulfonamides is 1. The highest BCUT2D eigenvalue weighted by Crippen LogP contribution is 2.26. The van der Waals surface area contributed by atoms with Crippen LogP contribution in [0, 0.1) is 0 Å². The number of rotatable bonds is 6. The first kappa shape index (κ1) is 22.7. The van der Waals surface area contributed by atoms with Crippen molar-refractivity contribution >= 4 is 38.4 Å². The van der Waals surface area contributed by atoms with Crippen molar-refractivity contribution in [3.63, 3.8) is 0 Å². The number of carbonyl (C=O) groups is 2. The number of para-hydroxylation sites is 3. The molecule has 0 fully saturated rings. The first-order chi connectivity index (χ1) is 16.4. The van der Waals surface area contributed by atoms with Crippen LogP contribution in [-0.4, -0.2) is 32.3 Å². The van der Waals surface area contributed by atoms with Crippen LogP contribution in [0.15, 0.2) is 89.8 Å². The van der Waals surface area contributed by atoms with Gasteiger partial charge in [0.25, 0.3) is 21.8 Å². The van der Waals surface area contributed by atoms with Gasteiger partial charge in [-0.25, -0.2) is 13.4 Å². The molecule has 4 aromatic rings. The number of methoxy groups -OCH3 is 1. The summed E-state index contributed by atoms with van der Waals surface area (Å²) in [5.74, 6) is -0.950. The summed E-state index contributed by atoms with van der Waals surface area (Å²) in [6.45, 7) is 0. The second-order valence-electron chi connectivity index (χ2n) is 7.13. The molecule has 172 valence electrons. The molecular weight excluding hydrogens is 456 g/mol. The lowest BCUT2D eigenvalue weighted by Gasteiger charge is -2.12. The van der Waals surface area contributed by atoms with Gasteiger partial charge in [0.05, 0.1) is 23.2 Å². The Hall–Kier alpha value is -4.44. The summed E-state index contributed by atoms with van der Waals surface area (Å²) in [6, 6.07) is 22.6. The minimum atomic E-state index is -4.00. The molecule has 0 spiro atoms. The predicted octanol–water partition coefficient (Wildman–Crippen LogP) is 3.12. The third kappa shape index (κ3) is 4.97. The zero-order valence-corrected chi connectivity index (χ0v) is 18.8. The monoisotopic (exact) mass is 476 g/mol. The van der Waals surface area contributed by atoms with E-state index in [0.717, 1.165) is 5.39 Å². The highest BCUT2D eigenvalue weighted by Gasteiger charge is 2.19. The first-order valence-corrected chi connectivity index (χ1v) is 11.6. The van der Waals surface area contributed by atoms with E-state index in [1.165, 1.54) is 31.4 Å². The van der Waals surface area contributed by atoms with Crippen molar-refractivity contribution < 1.29 is 22.7 Å². The lowest BCUT2D eigenvalue weighted by molar-refractivity contribution is 0.0844. The molecule has 0 aliphatic carbocycles. The SMILES string of the molecule is COc1ccccc1NS(=O)(=O)c1cccc(C(=O)NNC(=O)c2ccc3ccccc3n2)c1. The summed E-state index contributed by atoms with van der Waals surface area (Å²) in [6.07, 6.45) is 0. The van der Waals surface area contributed by atoms with Crippen LogP contribution in [0.1, 0.15) is 20.8 Å². The van der Waals surface area contributed by atoms with Crippen LogP contribution in [0.25, 0.3) is 10.9 Å². The van der Waals surface area contributed by atoms with Gasteiger partial charge in [0.15, 0.2) is 0 Å². The van der Waals surface area contributed by atoms with Gasteiger partial charge in [0, 0.05) is 10.9 Å². The molecule has 0 bridgehead atoms. The van der Waals surface area contributed by atoms with E-state index in [2.05, 4.69) is 20.6 Å². The number of amides is 2. The number of nitrogens with zero attached hydrogens (tertiary/aromatic N) is 1. The van der Waals surface area contributed by atoms with E-state index in [-0.39, 0.29) is 21.8 Å². The molecule has 3 N–H and O–H groups in total. The van der Waals surface area contributed by atoms with Crippen molar-refractivity contribution in [1.82, 2.24) is 15.8 Å². The number of ether oxygens (including phenoxy) is 1. The molecule has 0 saturated carbocycles. The van der Waals surface area contributed by atoms with E-state index in [9.17, 15) is 18.0 Å². The fourth-order valence-electron chi connectivity index (χ4n) is 3.18. The number of pyridine rings is 1. The first-order valence-electron chi connectivity index (χ1n) is 10.1. The minimum Gasteiger partial charge on any atom is -0.495 e. The molecule has 0 unspecified atom stereocenters. The van der Waals surface area contributed by atoms with E-state index in [1.54, 1.807) is 42.5 Å². The Morgan fingerprint density at radius 3 is 2.38 bits per heavy atom. The molecule has 3 aromatic carbocycles. The number of aromatic nitrogens is 1. The summed E-state index contributed by atoms with van der Waals surface area (Å²) in [5.41, 5.74) is 5.63. The Balaban J connectivity index is 1.46. The molecule has 10 heteroatoms. The van der Waals surface area contributed by atoms with Gasteiger partial charge in [-0.05, 0) is 42.5 Å². The lowest BCUT2D eigenvalue weighted by Crippen LogP contribution is -2.42. The van der Waals surface area contributed by atoms with Gasteiger partial charge >= 0.3 is 0 Å². The number of benzene rings is 3. The summed E-state index contributed by atoms with van der Waals surface area (Å²) in [5, 5.41) is 0.878. The van der Waals surface area contributed by atoms with Gasteiger partial charge in [-0.2, -0.15) is 0 Å². The fraction of sp³-hybridized carbons (Fsp3) is 0.0417. The predicted molar refractivity (Wildman–Crippen MR) is 127 cm³/mol. The van der Waals surface area contributed by atoms with Gasteiger partial charge in [0.1, 0.15) is 11.4 Å². The molecule has 0 saturated heterocycles. The van der Waals surface area contributed by atoms with Gasteiger partial charge in [0.2, 0.25) is 0 Å². The smallest absolute Gasteiger partial charge is 0.288 e. The second-order valence-corrected chi connectivity index (χ2v) is 8.81. The third-order valence-electron chi connectivity index (χ3n) is 4.88. The largest absolute Gasteiger partial charge is 0.495 e. The van der Waals surface area contributed by atoms with Crippen LogP contribution < -0.4 is 20.3 Å². The van der Waals surface area contributed by atoms with E-state index in [0.29, 0.717) is 11.3 Å². The van der Waals surface area contributed by atoms with E-state index >= 15 is 0 Å². The van der Waals surface area contributed by atoms with Crippen molar-refractivity contribution in [3.8, 4) is 5.75 Å². The molecule has 0 aliphatic heterocycles. The zero-order chi connectivity index (χ0) is 24.1. The number of fused-ring (bicyclic) bond motifs is 1. The fourth-order valence-corrected chi connectivity index (χ4v) is 4.30. The number of nitrogens with one attached hydrogen (secondary N) is 3. The van der Waals surface area contributed by atoms with Crippen molar-refractivity contribution in [2.24, 2.45) is 0 Å². The highest BCUT2D eigenvalue weighted by molar-refractivity contribution is 7.92. The van der Waals surface area contributed by atoms with Gasteiger partial charge in [-0.3, -0.25) is 25.2 Å². The average molecular weight is 477 g/mol. The average Bonchev–Trinajstić information content (AvgIpc) is 2.87. The van der Waals surface area contributed by atoms with Crippen LogP contribution >= 0.6 is 0 Å². The van der Waals surface area contributed by atoms with Crippen molar-refractivity contribution in [1.29, 1.82) is 0 Å². The lowest BCUT2D eigenvalue weighted by atomic mass is 10.2. The van der Waals surface area contributed by atoms with Gasteiger partial charge in [-0.15, -0.1) is 0 Å². The maximum Gasteiger partial charge on any atom is 0.288 e. The number of hydrogen-bond acceptors (Lipinski definition) is 6. The van der Waals surface area contributed by atoms with Crippen LogP contribution in [0.5, 0.6) is 5.75 Å². The normalized spacial score (nSPS) is 11.0. The number of carbonyl (C=O) groups excluding carboxylic acids is 2. The molecule has 1 heterocycles. The molecule has 9 nitrogen and oxygen atoms in total. The molecule has 2 amide bonds. The second kappa shape index (κ2) is 9.59. The number of anilines is 1.